The van der Waals surface area contributed by atoms with Crippen molar-refractivity contribution < 1.29 is 9.53 Å². The number of rotatable bonds is 5. The van der Waals surface area contributed by atoms with Crippen LogP contribution in [0.2, 0.25) is 5.02 Å². The van der Waals surface area contributed by atoms with Crippen molar-refractivity contribution in [2.45, 2.75) is 12.7 Å². The van der Waals surface area contributed by atoms with E-state index in [2.05, 4.69) is 10.3 Å². The standard InChI is InChI=1S/C21H18ClN3O2/c1-27-17-10-4-14(5-11-17)13-25-20(24-16-8-6-15(22)7-9-16)19-18(21(25)26)3-2-12-23-19/h2-12,20,24H,13H2,1H3/t20-/m0/s1. The Morgan fingerprint density at radius 3 is 2.56 bits per heavy atom. The fourth-order valence-corrected chi connectivity index (χ4v) is 3.30. The van der Waals surface area contributed by atoms with Crippen LogP contribution < -0.4 is 10.1 Å². The zero-order valence-corrected chi connectivity index (χ0v) is 15.5. The predicted octanol–water partition coefficient (Wildman–Crippen LogP) is 4.51. The summed E-state index contributed by atoms with van der Waals surface area (Å²) in [5.41, 5.74) is 3.23. The summed E-state index contributed by atoms with van der Waals surface area (Å²) in [7, 11) is 1.63. The van der Waals surface area contributed by atoms with E-state index in [1.165, 1.54) is 0 Å². The summed E-state index contributed by atoms with van der Waals surface area (Å²) in [6.07, 6.45) is 1.36. The smallest absolute Gasteiger partial charge is 0.258 e. The van der Waals surface area contributed by atoms with E-state index in [9.17, 15) is 4.79 Å². The van der Waals surface area contributed by atoms with Gasteiger partial charge in [0, 0.05) is 23.5 Å². The first-order chi connectivity index (χ1) is 13.2. The number of fused-ring (bicyclic) bond motifs is 1. The predicted molar refractivity (Wildman–Crippen MR) is 105 cm³/mol. The van der Waals surface area contributed by atoms with Crippen LogP contribution >= 0.6 is 11.6 Å². The molecule has 0 bridgehead atoms. The molecular weight excluding hydrogens is 362 g/mol. The van der Waals surface area contributed by atoms with Gasteiger partial charge in [-0.2, -0.15) is 0 Å². The topological polar surface area (TPSA) is 54.5 Å². The Balaban J connectivity index is 1.65. The lowest BCUT2D eigenvalue weighted by molar-refractivity contribution is 0.0728. The molecule has 1 N–H and O–H groups in total. The number of anilines is 1. The molecule has 0 aliphatic carbocycles. The molecule has 0 fully saturated rings. The van der Waals surface area contributed by atoms with Gasteiger partial charge in [0.1, 0.15) is 11.9 Å². The van der Waals surface area contributed by atoms with E-state index in [1.54, 1.807) is 24.3 Å². The van der Waals surface area contributed by atoms with E-state index in [4.69, 9.17) is 16.3 Å². The molecule has 4 rings (SSSR count). The van der Waals surface area contributed by atoms with Gasteiger partial charge in [-0.1, -0.05) is 23.7 Å². The summed E-state index contributed by atoms with van der Waals surface area (Å²) in [5, 5.41) is 4.07. The first-order valence-electron chi connectivity index (χ1n) is 8.56. The number of halogens is 1. The number of nitrogens with one attached hydrogen (secondary N) is 1. The summed E-state index contributed by atoms with van der Waals surface area (Å²) in [4.78, 5) is 19.2. The van der Waals surface area contributed by atoms with Crippen molar-refractivity contribution in [2.75, 3.05) is 12.4 Å². The largest absolute Gasteiger partial charge is 0.497 e. The molecule has 0 unspecified atom stereocenters. The van der Waals surface area contributed by atoms with Gasteiger partial charge in [-0.25, -0.2) is 0 Å². The van der Waals surface area contributed by atoms with Crippen molar-refractivity contribution in [3.63, 3.8) is 0 Å². The van der Waals surface area contributed by atoms with Crippen LogP contribution in [0.1, 0.15) is 27.8 Å². The lowest BCUT2D eigenvalue weighted by atomic mass is 10.2. The molecule has 1 aromatic heterocycles. The fraction of sp³-hybridized carbons (Fsp3) is 0.143. The zero-order chi connectivity index (χ0) is 18.8. The molecule has 1 aliphatic heterocycles. The lowest BCUT2D eigenvalue weighted by Crippen LogP contribution is -2.32. The minimum absolute atomic E-state index is 0.0413. The van der Waals surface area contributed by atoms with Crippen molar-refractivity contribution in [3.8, 4) is 5.75 Å². The molecule has 1 aliphatic rings. The van der Waals surface area contributed by atoms with Gasteiger partial charge in [0.25, 0.3) is 5.91 Å². The van der Waals surface area contributed by atoms with Gasteiger partial charge in [-0.15, -0.1) is 0 Å². The minimum Gasteiger partial charge on any atom is -0.497 e. The summed E-state index contributed by atoms with van der Waals surface area (Å²) < 4.78 is 5.21. The van der Waals surface area contributed by atoms with Crippen molar-refractivity contribution in [2.24, 2.45) is 0 Å². The molecule has 2 aromatic carbocycles. The number of methoxy groups -OCH3 is 1. The molecule has 0 radical (unpaired) electrons. The second-order valence-corrected chi connectivity index (χ2v) is 6.71. The molecule has 0 saturated carbocycles. The molecule has 136 valence electrons. The summed E-state index contributed by atoms with van der Waals surface area (Å²) >= 11 is 5.98. The monoisotopic (exact) mass is 379 g/mol. The number of pyridine rings is 1. The van der Waals surface area contributed by atoms with E-state index < -0.39 is 0 Å². The Kier molecular flexibility index (Phi) is 4.69. The SMILES string of the molecule is COc1ccc(CN2C(=O)c3cccnc3[C@H]2Nc2ccc(Cl)cc2)cc1. The van der Waals surface area contributed by atoms with Crippen LogP contribution in [0.4, 0.5) is 5.69 Å². The highest BCUT2D eigenvalue weighted by Gasteiger charge is 2.37. The van der Waals surface area contributed by atoms with Gasteiger partial charge in [-0.3, -0.25) is 9.78 Å². The molecular formula is C21H18ClN3O2. The Bertz CT molecular complexity index is 958. The van der Waals surface area contributed by atoms with Crippen LogP contribution in [0.15, 0.2) is 66.9 Å². The Hall–Kier alpha value is -3.05. The normalized spacial score (nSPS) is 15.6. The van der Waals surface area contributed by atoms with E-state index in [0.29, 0.717) is 17.1 Å². The number of benzene rings is 2. The number of carbonyl (C=O) groups is 1. The van der Waals surface area contributed by atoms with Gasteiger partial charge in [-0.05, 0) is 54.1 Å². The first-order valence-corrected chi connectivity index (χ1v) is 8.94. The molecule has 27 heavy (non-hydrogen) atoms. The maximum atomic E-state index is 13.0. The van der Waals surface area contributed by atoms with Crippen LogP contribution in [0.25, 0.3) is 0 Å². The molecule has 5 nitrogen and oxygen atoms in total. The van der Waals surface area contributed by atoms with Crippen LogP contribution in [0, 0.1) is 0 Å². The van der Waals surface area contributed by atoms with Gasteiger partial charge < -0.3 is 15.0 Å². The van der Waals surface area contributed by atoms with Crippen LogP contribution in [0.5, 0.6) is 5.75 Å². The Labute approximate surface area is 162 Å². The number of hydrogen-bond acceptors (Lipinski definition) is 4. The maximum absolute atomic E-state index is 13.0. The summed E-state index contributed by atoms with van der Waals surface area (Å²) in [6, 6.07) is 18.7. The Morgan fingerprint density at radius 1 is 1.11 bits per heavy atom. The molecule has 1 amide bonds. The number of amides is 1. The maximum Gasteiger partial charge on any atom is 0.258 e. The average Bonchev–Trinajstić information content (AvgIpc) is 2.96. The zero-order valence-electron chi connectivity index (χ0n) is 14.7. The highest BCUT2D eigenvalue weighted by atomic mass is 35.5. The Morgan fingerprint density at radius 2 is 1.85 bits per heavy atom. The number of nitrogens with zero attached hydrogens (tertiary/aromatic N) is 2. The van der Waals surface area contributed by atoms with Gasteiger partial charge >= 0.3 is 0 Å². The fourth-order valence-electron chi connectivity index (χ4n) is 3.18. The van der Waals surface area contributed by atoms with Crippen LogP contribution in [-0.4, -0.2) is 22.9 Å². The van der Waals surface area contributed by atoms with Crippen molar-refractivity contribution in [1.29, 1.82) is 0 Å². The van der Waals surface area contributed by atoms with Crippen molar-refractivity contribution in [3.05, 3.63) is 88.7 Å². The third-order valence-corrected chi connectivity index (χ3v) is 4.81. The number of ether oxygens (including phenoxy) is 1. The molecule has 2 heterocycles. The van der Waals surface area contributed by atoms with Gasteiger partial charge in [0.15, 0.2) is 0 Å². The lowest BCUT2D eigenvalue weighted by Gasteiger charge is -2.26. The molecule has 3 aromatic rings. The minimum atomic E-state index is -0.350. The molecule has 1 atom stereocenters. The van der Waals surface area contributed by atoms with E-state index in [-0.39, 0.29) is 12.1 Å². The van der Waals surface area contributed by atoms with Gasteiger partial charge in [0.05, 0.1) is 18.4 Å². The van der Waals surface area contributed by atoms with E-state index in [1.807, 2.05) is 54.6 Å². The van der Waals surface area contributed by atoms with Crippen LogP contribution in [0.3, 0.4) is 0 Å². The number of hydrogen-bond donors (Lipinski definition) is 1. The highest BCUT2D eigenvalue weighted by Crippen LogP contribution is 2.34. The van der Waals surface area contributed by atoms with E-state index in [0.717, 1.165) is 22.7 Å². The summed E-state index contributed by atoms with van der Waals surface area (Å²) in [5.74, 6) is 0.743. The second kappa shape index (κ2) is 7.29. The molecule has 0 spiro atoms. The van der Waals surface area contributed by atoms with E-state index >= 15 is 0 Å². The molecule has 0 saturated heterocycles. The number of aromatic nitrogens is 1. The van der Waals surface area contributed by atoms with Crippen LogP contribution in [-0.2, 0) is 6.54 Å². The van der Waals surface area contributed by atoms with Gasteiger partial charge in [0.2, 0.25) is 0 Å². The van der Waals surface area contributed by atoms with Crippen molar-refractivity contribution >= 4 is 23.2 Å². The number of carbonyl (C=O) groups excluding carboxylic acids is 1. The van der Waals surface area contributed by atoms with Crippen molar-refractivity contribution in [1.82, 2.24) is 9.88 Å². The average molecular weight is 380 g/mol. The highest BCUT2D eigenvalue weighted by molar-refractivity contribution is 6.30. The summed E-state index contributed by atoms with van der Waals surface area (Å²) in [6.45, 7) is 0.463. The third kappa shape index (κ3) is 3.46. The molecule has 6 heteroatoms. The quantitative estimate of drug-likeness (QED) is 0.708. The first kappa shape index (κ1) is 17.4. The third-order valence-electron chi connectivity index (χ3n) is 4.56. The second-order valence-electron chi connectivity index (χ2n) is 6.27.